The first kappa shape index (κ1) is 23.0. The smallest absolute Gasteiger partial charge is 0.317 e. The highest BCUT2D eigenvalue weighted by Gasteiger charge is 2.12. The lowest BCUT2D eigenvalue weighted by molar-refractivity contribution is -0.136. The number of imidazole rings is 1. The summed E-state index contributed by atoms with van der Waals surface area (Å²) in [5, 5.41) is 25.5. The van der Waals surface area contributed by atoms with E-state index < -0.39 is 12.1 Å². The number of hydrogen-bond donors (Lipinski definition) is 3. The molecule has 2 aromatic carbocycles. The number of benzene rings is 2. The number of carbonyl (C=O) groups is 1. The van der Waals surface area contributed by atoms with E-state index in [0.29, 0.717) is 24.7 Å². The van der Waals surface area contributed by atoms with Crippen molar-refractivity contribution >= 4 is 5.97 Å². The molecule has 0 radical (unpaired) electrons. The Morgan fingerprint density at radius 2 is 1.79 bits per heavy atom. The number of nitrogens with zero attached hydrogens (tertiary/aromatic N) is 3. The molecule has 2 heterocycles. The Hall–Kier alpha value is -4.19. The Balaban J connectivity index is 1.37. The van der Waals surface area contributed by atoms with Crippen molar-refractivity contribution in [2.75, 3.05) is 6.54 Å². The van der Waals surface area contributed by atoms with Crippen LogP contribution >= 0.6 is 0 Å². The summed E-state index contributed by atoms with van der Waals surface area (Å²) in [5.74, 6) is 6.64. The van der Waals surface area contributed by atoms with Crippen molar-refractivity contribution in [1.29, 1.82) is 0 Å². The van der Waals surface area contributed by atoms with E-state index in [-0.39, 0.29) is 6.54 Å². The van der Waals surface area contributed by atoms with Gasteiger partial charge >= 0.3 is 5.97 Å². The number of nitrogens with one attached hydrogen (secondary N) is 1. The normalized spacial score (nSPS) is 11.6. The van der Waals surface area contributed by atoms with E-state index in [1.54, 1.807) is 19.3 Å². The molecule has 8 nitrogen and oxygen atoms in total. The minimum absolute atomic E-state index is 0.0680. The summed E-state index contributed by atoms with van der Waals surface area (Å²) in [6, 6.07) is 17.3. The fourth-order valence-electron chi connectivity index (χ4n) is 3.40. The fraction of sp³-hybridized carbons (Fsp3) is 0.192. The van der Waals surface area contributed by atoms with Crippen LogP contribution in [-0.4, -0.2) is 37.4 Å². The predicted octanol–water partition coefficient (Wildman–Crippen LogP) is 3.21. The molecule has 4 rings (SSSR count). The van der Waals surface area contributed by atoms with Gasteiger partial charge in [-0.15, -0.1) is 0 Å². The van der Waals surface area contributed by atoms with Crippen molar-refractivity contribution in [1.82, 2.24) is 20.0 Å². The van der Waals surface area contributed by atoms with Gasteiger partial charge in [-0.1, -0.05) is 29.1 Å². The average molecular weight is 457 g/mol. The van der Waals surface area contributed by atoms with Gasteiger partial charge in [0.15, 0.2) is 5.76 Å². The van der Waals surface area contributed by atoms with Crippen molar-refractivity contribution < 1.29 is 19.5 Å². The number of hydrogen-bond acceptors (Lipinski definition) is 6. The van der Waals surface area contributed by atoms with Crippen LogP contribution in [0.15, 0.2) is 71.5 Å². The molecule has 0 aliphatic heterocycles. The van der Waals surface area contributed by atoms with Crippen LogP contribution < -0.4 is 5.32 Å². The third kappa shape index (κ3) is 5.98. The standard InChI is InChI=1S/C26H24N4O4/c1-18(31)26-28-12-13-30(26)17-23-14-24(34-29-23)22-10-8-20(9-11-22)3-2-19-4-6-21(7-5-19)15-27-16-25(32)33/h4-14,18,27,31H,15-17H2,1H3,(H,32,33). The van der Waals surface area contributed by atoms with E-state index in [1.807, 2.05) is 59.2 Å². The van der Waals surface area contributed by atoms with E-state index in [9.17, 15) is 9.90 Å². The highest BCUT2D eigenvalue weighted by molar-refractivity contribution is 5.69. The van der Waals surface area contributed by atoms with Crippen molar-refractivity contribution in [3.8, 4) is 23.2 Å². The van der Waals surface area contributed by atoms with Crippen LogP contribution in [0.3, 0.4) is 0 Å². The summed E-state index contributed by atoms with van der Waals surface area (Å²) in [6.07, 6.45) is 2.79. The summed E-state index contributed by atoms with van der Waals surface area (Å²) < 4.78 is 7.34. The van der Waals surface area contributed by atoms with Crippen molar-refractivity contribution in [2.45, 2.75) is 26.1 Å². The monoisotopic (exact) mass is 456 g/mol. The van der Waals surface area contributed by atoms with Gasteiger partial charge in [-0.2, -0.15) is 0 Å². The molecule has 0 fully saturated rings. The molecule has 34 heavy (non-hydrogen) atoms. The van der Waals surface area contributed by atoms with Crippen LogP contribution in [0.5, 0.6) is 0 Å². The van der Waals surface area contributed by atoms with Gasteiger partial charge in [0.25, 0.3) is 0 Å². The summed E-state index contributed by atoms with van der Waals surface area (Å²) in [5.41, 5.74) is 4.37. The van der Waals surface area contributed by atoms with Crippen LogP contribution in [0.25, 0.3) is 11.3 Å². The number of aliphatic hydroxyl groups excluding tert-OH is 1. The predicted molar refractivity (Wildman–Crippen MR) is 126 cm³/mol. The van der Waals surface area contributed by atoms with Gasteiger partial charge in [0.05, 0.1) is 13.1 Å². The first-order chi connectivity index (χ1) is 16.5. The van der Waals surface area contributed by atoms with Crippen molar-refractivity contribution in [2.24, 2.45) is 0 Å². The van der Waals surface area contributed by atoms with Crippen LogP contribution in [0.4, 0.5) is 0 Å². The molecule has 1 atom stereocenters. The third-order valence-electron chi connectivity index (χ3n) is 5.09. The first-order valence-corrected chi connectivity index (χ1v) is 10.8. The summed E-state index contributed by atoms with van der Waals surface area (Å²) in [4.78, 5) is 14.7. The van der Waals surface area contributed by atoms with E-state index >= 15 is 0 Å². The number of aliphatic carboxylic acids is 1. The molecule has 0 amide bonds. The zero-order valence-corrected chi connectivity index (χ0v) is 18.6. The maximum Gasteiger partial charge on any atom is 0.317 e. The molecule has 0 spiro atoms. The second-order valence-corrected chi connectivity index (χ2v) is 7.79. The Morgan fingerprint density at radius 3 is 2.44 bits per heavy atom. The van der Waals surface area contributed by atoms with E-state index in [2.05, 4.69) is 27.3 Å². The largest absolute Gasteiger partial charge is 0.480 e. The Morgan fingerprint density at radius 1 is 1.12 bits per heavy atom. The maximum atomic E-state index is 10.6. The van der Waals surface area contributed by atoms with E-state index in [4.69, 9.17) is 9.63 Å². The molecule has 3 N–H and O–H groups in total. The van der Waals surface area contributed by atoms with Gasteiger partial charge < -0.3 is 24.6 Å². The molecule has 0 saturated carbocycles. The minimum atomic E-state index is -0.877. The lowest BCUT2D eigenvalue weighted by atomic mass is 10.1. The number of aromatic nitrogens is 3. The quantitative estimate of drug-likeness (QED) is 0.349. The zero-order valence-electron chi connectivity index (χ0n) is 18.6. The second kappa shape index (κ2) is 10.6. The van der Waals surface area contributed by atoms with E-state index in [0.717, 1.165) is 27.9 Å². The molecule has 2 aromatic heterocycles. The molecule has 0 aliphatic carbocycles. The number of carboxylic acids is 1. The molecule has 0 saturated heterocycles. The second-order valence-electron chi connectivity index (χ2n) is 7.79. The molecular formula is C26H24N4O4. The first-order valence-electron chi connectivity index (χ1n) is 10.8. The average Bonchev–Trinajstić information content (AvgIpc) is 3.49. The molecular weight excluding hydrogens is 432 g/mol. The third-order valence-corrected chi connectivity index (χ3v) is 5.09. The maximum absolute atomic E-state index is 10.6. The van der Waals surface area contributed by atoms with Crippen LogP contribution in [0.1, 0.15) is 41.2 Å². The van der Waals surface area contributed by atoms with Gasteiger partial charge in [-0.25, -0.2) is 4.98 Å². The Bertz CT molecular complexity index is 1310. The molecule has 172 valence electrons. The van der Waals surface area contributed by atoms with E-state index in [1.165, 1.54) is 0 Å². The van der Waals surface area contributed by atoms with Gasteiger partial charge in [0, 0.05) is 41.7 Å². The topological polar surface area (TPSA) is 113 Å². The number of carboxylic acid groups (broad SMARTS) is 1. The lowest BCUT2D eigenvalue weighted by Crippen LogP contribution is -2.21. The highest BCUT2D eigenvalue weighted by Crippen LogP contribution is 2.22. The summed E-state index contributed by atoms with van der Waals surface area (Å²) in [6.45, 7) is 2.56. The van der Waals surface area contributed by atoms with Crippen molar-refractivity contribution in [3.63, 3.8) is 0 Å². The van der Waals surface area contributed by atoms with Crippen LogP contribution in [0.2, 0.25) is 0 Å². The highest BCUT2D eigenvalue weighted by atomic mass is 16.5. The van der Waals surface area contributed by atoms with Gasteiger partial charge in [0.1, 0.15) is 17.6 Å². The molecule has 0 bridgehead atoms. The van der Waals surface area contributed by atoms with Crippen LogP contribution in [0, 0.1) is 11.8 Å². The number of rotatable bonds is 8. The Kier molecular flexibility index (Phi) is 7.18. The lowest BCUT2D eigenvalue weighted by Gasteiger charge is -2.07. The summed E-state index contributed by atoms with van der Waals surface area (Å²) in [7, 11) is 0. The molecule has 1 unspecified atom stereocenters. The fourth-order valence-corrected chi connectivity index (χ4v) is 3.40. The van der Waals surface area contributed by atoms with Crippen LogP contribution in [-0.2, 0) is 17.9 Å². The zero-order chi connectivity index (χ0) is 23.9. The SMILES string of the molecule is CC(O)c1nccn1Cc1cc(-c2ccc(C#Cc3ccc(CNCC(=O)O)cc3)cc2)on1. The molecule has 0 aliphatic rings. The number of aliphatic hydroxyl groups is 1. The Labute approximate surface area is 196 Å². The minimum Gasteiger partial charge on any atom is -0.480 e. The molecule has 8 heteroatoms. The van der Waals surface area contributed by atoms with Gasteiger partial charge in [-0.05, 0) is 48.9 Å². The van der Waals surface area contributed by atoms with Crippen molar-refractivity contribution in [3.05, 3.63) is 95.2 Å². The van der Waals surface area contributed by atoms with Gasteiger partial charge in [0.2, 0.25) is 0 Å². The summed E-state index contributed by atoms with van der Waals surface area (Å²) >= 11 is 0. The van der Waals surface area contributed by atoms with Gasteiger partial charge in [-0.3, -0.25) is 4.79 Å². The molecule has 4 aromatic rings.